The summed E-state index contributed by atoms with van der Waals surface area (Å²) in [6.07, 6.45) is 0.672. The molecule has 0 fully saturated rings. The molecule has 0 heterocycles. The molecule has 0 saturated heterocycles. The van der Waals surface area contributed by atoms with E-state index in [-0.39, 0.29) is 12.3 Å². The minimum absolute atomic E-state index is 0.159. The largest absolute Gasteiger partial charge is 0.354 e. The van der Waals surface area contributed by atoms with Crippen LogP contribution in [-0.4, -0.2) is 33.6 Å². The lowest BCUT2D eigenvalue weighted by Crippen LogP contribution is -2.41. The number of hydrogen-bond acceptors (Lipinski definition) is 3. The highest BCUT2D eigenvalue weighted by atomic mass is 16.7. The van der Waals surface area contributed by atoms with Crippen LogP contribution in [0.4, 0.5) is 0 Å². The van der Waals surface area contributed by atoms with Crippen LogP contribution in [0.1, 0.15) is 16.7 Å². The third-order valence-electron chi connectivity index (χ3n) is 3.19. The van der Waals surface area contributed by atoms with Crippen LogP contribution in [0.2, 0.25) is 0 Å². The highest BCUT2D eigenvalue weighted by Crippen LogP contribution is 2.13. The zero-order valence-corrected chi connectivity index (χ0v) is 11.4. The maximum atomic E-state index is 5.29. The first kappa shape index (κ1) is 14.2. The second kappa shape index (κ2) is 6.74. The normalized spacial score (nSPS) is 13.1. The smallest absolute Gasteiger partial charge is 0.172 e. The van der Waals surface area contributed by atoms with Crippen molar-refractivity contribution in [2.24, 2.45) is 0 Å². The lowest BCUT2D eigenvalue weighted by atomic mass is 10.0. The minimum atomic E-state index is -0.221. The molecule has 0 aliphatic heterocycles. The Bertz CT molecular complexity index is 348. The fourth-order valence-electron chi connectivity index (χ4n) is 1.94. The maximum Gasteiger partial charge on any atom is 0.172 e. The molecule has 1 atom stereocenters. The zero-order valence-electron chi connectivity index (χ0n) is 11.4. The van der Waals surface area contributed by atoms with Gasteiger partial charge in [0.2, 0.25) is 0 Å². The maximum absolute atomic E-state index is 5.29. The van der Waals surface area contributed by atoms with Gasteiger partial charge in [-0.2, -0.15) is 0 Å². The molecule has 96 valence electrons. The van der Waals surface area contributed by atoms with Crippen molar-refractivity contribution in [2.45, 2.75) is 32.6 Å². The summed E-state index contributed by atoms with van der Waals surface area (Å²) in [5, 5.41) is 3.24. The standard InChI is InChI=1S/C14H23NO2/c1-10-6-7-12(8-11(10)2)9-13(15-3)14(16-4)17-5/h6-8,13-15H,9H2,1-5H3. The summed E-state index contributed by atoms with van der Waals surface area (Å²) >= 11 is 0. The van der Waals surface area contributed by atoms with E-state index in [2.05, 4.69) is 37.4 Å². The van der Waals surface area contributed by atoms with E-state index in [1.807, 2.05) is 7.05 Å². The molecule has 0 amide bonds. The van der Waals surface area contributed by atoms with Gasteiger partial charge in [0.15, 0.2) is 6.29 Å². The number of aryl methyl sites for hydroxylation is 2. The Labute approximate surface area is 104 Å². The molecule has 1 unspecified atom stereocenters. The minimum Gasteiger partial charge on any atom is -0.354 e. The van der Waals surface area contributed by atoms with Crippen LogP contribution in [0.5, 0.6) is 0 Å². The summed E-state index contributed by atoms with van der Waals surface area (Å²) in [4.78, 5) is 0. The molecule has 0 spiro atoms. The van der Waals surface area contributed by atoms with Crippen molar-refractivity contribution in [3.63, 3.8) is 0 Å². The Balaban J connectivity index is 2.76. The van der Waals surface area contributed by atoms with Gasteiger partial charge in [-0.3, -0.25) is 0 Å². The summed E-state index contributed by atoms with van der Waals surface area (Å²) < 4.78 is 10.6. The first-order valence-electron chi connectivity index (χ1n) is 5.91. The molecule has 1 N–H and O–H groups in total. The number of hydrogen-bond donors (Lipinski definition) is 1. The summed E-state index contributed by atoms with van der Waals surface area (Å²) in [6, 6.07) is 6.70. The van der Waals surface area contributed by atoms with Gasteiger partial charge < -0.3 is 14.8 Å². The third-order valence-corrected chi connectivity index (χ3v) is 3.19. The quantitative estimate of drug-likeness (QED) is 0.768. The van der Waals surface area contributed by atoms with Crippen molar-refractivity contribution in [1.29, 1.82) is 0 Å². The number of ether oxygens (including phenoxy) is 2. The lowest BCUT2D eigenvalue weighted by Gasteiger charge is -2.24. The van der Waals surface area contributed by atoms with E-state index in [4.69, 9.17) is 9.47 Å². The molecule has 17 heavy (non-hydrogen) atoms. The monoisotopic (exact) mass is 237 g/mol. The Kier molecular flexibility index (Phi) is 5.62. The van der Waals surface area contributed by atoms with E-state index in [1.165, 1.54) is 16.7 Å². The summed E-state index contributed by atoms with van der Waals surface area (Å²) in [6.45, 7) is 4.26. The first-order chi connectivity index (χ1) is 8.12. The van der Waals surface area contributed by atoms with Gasteiger partial charge in [-0.05, 0) is 44.0 Å². The van der Waals surface area contributed by atoms with Crippen molar-refractivity contribution in [3.8, 4) is 0 Å². The van der Waals surface area contributed by atoms with Crippen molar-refractivity contribution in [2.75, 3.05) is 21.3 Å². The molecule has 0 bridgehead atoms. The molecule has 0 aliphatic rings. The van der Waals surface area contributed by atoms with Crippen molar-refractivity contribution >= 4 is 0 Å². The molecule has 3 heteroatoms. The number of likely N-dealkylation sites (N-methyl/N-ethyl adjacent to an activating group) is 1. The van der Waals surface area contributed by atoms with Gasteiger partial charge in [-0.1, -0.05) is 18.2 Å². The molecule has 0 aliphatic carbocycles. The van der Waals surface area contributed by atoms with Crippen LogP contribution in [0.25, 0.3) is 0 Å². The zero-order chi connectivity index (χ0) is 12.8. The number of rotatable bonds is 6. The Morgan fingerprint density at radius 3 is 2.24 bits per heavy atom. The van der Waals surface area contributed by atoms with Gasteiger partial charge in [0.25, 0.3) is 0 Å². The van der Waals surface area contributed by atoms with Gasteiger partial charge in [0.1, 0.15) is 0 Å². The van der Waals surface area contributed by atoms with E-state index in [0.717, 1.165) is 6.42 Å². The molecular weight excluding hydrogens is 214 g/mol. The average molecular weight is 237 g/mol. The fourth-order valence-corrected chi connectivity index (χ4v) is 1.94. The van der Waals surface area contributed by atoms with Gasteiger partial charge >= 0.3 is 0 Å². The predicted molar refractivity (Wildman–Crippen MR) is 70.3 cm³/mol. The van der Waals surface area contributed by atoms with Crippen LogP contribution < -0.4 is 5.32 Å². The molecule has 0 aromatic heterocycles. The van der Waals surface area contributed by atoms with Crippen LogP contribution >= 0.6 is 0 Å². The van der Waals surface area contributed by atoms with E-state index in [9.17, 15) is 0 Å². The van der Waals surface area contributed by atoms with Crippen molar-refractivity contribution in [1.82, 2.24) is 5.32 Å². The van der Waals surface area contributed by atoms with Crippen molar-refractivity contribution in [3.05, 3.63) is 34.9 Å². The van der Waals surface area contributed by atoms with Crippen LogP contribution in [0, 0.1) is 13.8 Å². The van der Waals surface area contributed by atoms with Gasteiger partial charge in [-0.25, -0.2) is 0 Å². The second-order valence-electron chi connectivity index (χ2n) is 4.36. The number of methoxy groups -OCH3 is 2. The Hall–Kier alpha value is -0.900. The predicted octanol–water partition coefficient (Wildman–Crippen LogP) is 2.05. The van der Waals surface area contributed by atoms with Gasteiger partial charge in [-0.15, -0.1) is 0 Å². The number of benzene rings is 1. The first-order valence-corrected chi connectivity index (χ1v) is 5.91. The average Bonchev–Trinajstić information content (AvgIpc) is 2.33. The van der Waals surface area contributed by atoms with E-state index < -0.39 is 0 Å². The molecule has 3 nitrogen and oxygen atoms in total. The Morgan fingerprint density at radius 1 is 1.12 bits per heavy atom. The molecule has 0 radical (unpaired) electrons. The molecule has 0 saturated carbocycles. The highest BCUT2D eigenvalue weighted by molar-refractivity contribution is 5.30. The molecular formula is C14H23NO2. The van der Waals surface area contributed by atoms with Crippen LogP contribution in [-0.2, 0) is 15.9 Å². The fraction of sp³-hybridized carbons (Fsp3) is 0.571. The van der Waals surface area contributed by atoms with E-state index >= 15 is 0 Å². The highest BCUT2D eigenvalue weighted by Gasteiger charge is 2.19. The van der Waals surface area contributed by atoms with E-state index in [0.29, 0.717) is 0 Å². The third kappa shape index (κ3) is 3.80. The molecule has 1 aromatic carbocycles. The van der Waals surface area contributed by atoms with E-state index in [1.54, 1.807) is 14.2 Å². The lowest BCUT2D eigenvalue weighted by molar-refractivity contribution is -0.121. The molecule has 1 rings (SSSR count). The molecule has 1 aromatic rings. The summed E-state index contributed by atoms with van der Waals surface area (Å²) in [5.41, 5.74) is 3.94. The van der Waals surface area contributed by atoms with Gasteiger partial charge in [0.05, 0.1) is 6.04 Å². The summed E-state index contributed by atoms with van der Waals surface area (Å²) in [5.74, 6) is 0. The van der Waals surface area contributed by atoms with Gasteiger partial charge in [0, 0.05) is 14.2 Å². The second-order valence-corrected chi connectivity index (χ2v) is 4.36. The summed E-state index contributed by atoms with van der Waals surface area (Å²) in [7, 11) is 5.26. The van der Waals surface area contributed by atoms with Crippen molar-refractivity contribution < 1.29 is 9.47 Å². The van der Waals surface area contributed by atoms with Crippen LogP contribution in [0.3, 0.4) is 0 Å². The Morgan fingerprint density at radius 2 is 1.76 bits per heavy atom. The topological polar surface area (TPSA) is 30.5 Å². The number of nitrogens with one attached hydrogen (secondary N) is 1. The SMILES string of the molecule is CNC(Cc1ccc(C)c(C)c1)C(OC)OC. The van der Waals surface area contributed by atoms with Crippen LogP contribution in [0.15, 0.2) is 18.2 Å².